The first-order valence-corrected chi connectivity index (χ1v) is 9.04. The summed E-state index contributed by atoms with van der Waals surface area (Å²) in [6.07, 6.45) is 6.17. The number of hydrogen-bond acceptors (Lipinski definition) is 4. The molecule has 1 unspecified atom stereocenters. The summed E-state index contributed by atoms with van der Waals surface area (Å²) in [5, 5.41) is 10.4. The van der Waals surface area contributed by atoms with Crippen LogP contribution in [0.15, 0.2) is 36.4 Å². The smallest absolute Gasteiger partial charge is 0.342 e. The first-order chi connectivity index (χ1) is 13.0. The van der Waals surface area contributed by atoms with Crippen LogP contribution < -0.4 is 4.74 Å². The lowest BCUT2D eigenvalue weighted by atomic mass is 10.0. The van der Waals surface area contributed by atoms with Gasteiger partial charge in [-0.3, -0.25) is 0 Å². The van der Waals surface area contributed by atoms with Gasteiger partial charge in [0, 0.05) is 6.07 Å². The quantitative estimate of drug-likeness (QED) is 0.495. The topological polar surface area (TPSA) is 55.8 Å². The van der Waals surface area contributed by atoms with E-state index < -0.39 is 5.97 Å². The van der Waals surface area contributed by atoms with Crippen molar-refractivity contribution in [2.45, 2.75) is 39.2 Å². The van der Waals surface area contributed by atoms with Gasteiger partial charge < -0.3 is 14.6 Å². The first-order valence-electron chi connectivity index (χ1n) is 9.04. The number of methoxy groups -OCH3 is 1. The normalized spacial score (nSPS) is 12.1. The number of aromatic hydroxyl groups is 1. The highest BCUT2D eigenvalue weighted by Crippen LogP contribution is 2.31. The van der Waals surface area contributed by atoms with E-state index in [9.17, 15) is 14.3 Å². The van der Waals surface area contributed by atoms with Gasteiger partial charge in [-0.25, -0.2) is 9.18 Å². The van der Waals surface area contributed by atoms with E-state index in [1.54, 1.807) is 30.4 Å². The predicted molar refractivity (Wildman–Crippen MR) is 104 cm³/mol. The molecule has 0 saturated carbocycles. The molecule has 4 nitrogen and oxygen atoms in total. The monoisotopic (exact) mass is 372 g/mol. The molecule has 2 rings (SSSR count). The number of esters is 1. The molecule has 0 saturated heterocycles. The third-order valence-electron chi connectivity index (χ3n) is 4.21. The molecule has 0 spiro atoms. The summed E-state index contributed by atoms with van der Waals surface area (Å²) in [6.45, 7) is 4.12. The minimum absolute atomic E-state index is 0.0345. The maximum absolute atomic E-state index is 13.1. The molecule has 0 fully saturated rings. The highest BCUT2D eigenvalue weighted by Gasteiger charge is 2.19. The molecule has 0 aliphatic carbocycles. The predicted octanol–water partition coefficient (Wildman–Crippen LogP) is 5.45. The largest absolute Gasteiger partial charge is 0.507 e. The van der Waals surface area contributed by atoms with Gasteiger partial charge in [-0.15, -0.1) is 0 Å². The first kappa shape index (κ1) is 20.5. The van der Waals surface area contributed by atoms with Crippen molar-refractivity contribution in [2.75, 3.05) is 7.11 Å². The van der Waals surface area contributed by atoms with Gasteiger partial charge in [0.25, 0.3) is 0 Å². The lowest BCUT2D eigenvalue weighted by Crippen LogP contribution is -2.15. The van der Waals surface area contributed by atoms with E-state index >= 15 is 0 Å². The second kappa shape index (κ2) is 9.76. The highest BCUT2D eigenvalue weighted by atomic mass is 19.1. The van der Waals surface area contributed by atoms with Crippen molar-refractivity contribution in [3.05, 3.63) is 58.9 Å². The SMILES string of the molecule is CCCC(CC)Oc1cc(O)c(C(=O)OC)c(/C=C/c2ccc(F)cc2)c1. The Morgan fingerprint density at radius 1 is 1.19 bits per heavy atom. The molecule has 1 N–H and O–H groups in total. The molecule has 1 atom stereocenters. The molecule has 0 bridgehead atoms. The molecular weight excluding hydrogens is 347 g/mol. The Morgan fingerprint density at radius 3 is 2.48 bits per heavy atom. The molecule has 0 aliphatic heterocycles. The van der Waals surface area contributed by atoms with Gasteiger partial charge in [-0.2, -0.15) is 0 Å². The average Bonchev–Trinajstić information content (AvgIpc) is 2.66. The van der Waals surface area contributed by atoms with E-state index in [1.807, 2.05) is 6.92 Å². The van der Waals surface area contributed by atoms with Crippen LogP contribution in [0.4, 0.5) is 4.39 Å². The number of carbonyl (C=O) groups excluding carboxylic acids is 1. The van der Waals surface area contributed by atoms with Crippen LogP contribution in [0, 0.1) is 5.82 Å². The molecule has 0 heterocycles. The number of rotatable bonds is 8. The highest BCUT2D eigenvalue weighted by molar-refractivity contribution is 5.98. The number of hydrogen-bond donors (Lipinski definition) is 1. The fourth-order valence-corrected chi connectivity index (χ4v) is 2.77. The van der Waals surface area contributed by atoms with E-state index in [2.05, 4.69) is 6.92 Å². The van der Waals surface area contributed by atoms with Crippen molar-refractivity contribution in [1.82, 2.24) is 0 Å². The summed E-state index contributed by atoms with van der Waals surface area (Å²) < 4.78 is 23.8. The van der Waals surface area contributed by atoms with Crippen molar-refractivity contribution >= 4 is 18.1 Å². The minimum atomic E-state index is -0.640. The van der Waals surface area contributed by atoms with E-state index in [4.69, 9.17) is 9.47 Å². The zero-order valence-electron chi connectivity index (χ0n) is 15.9. The lowest BCUT2D eigenvalue weighted by molar-refractivity contribution is 0.0597. The molecular formula is C22H25FO4. The van der Waals surface area contributed by atoms with Crippen LogP contribution in [0.25, 0.3) is 12.2 Å². The summed E-state index contributed by atoms with van der Waals surface area (Å²) in [6, 6.07) is 9.09. The number of phenolic OH excluding ortho intramolecular Hbond substituents is 1. The minimum Gasteiger partial charge on any atom is -0.507 e. The van der Waals surface area contributed by atoms with E-state index in [-0.39, 0.29) is 23.2 Å². The van der Waals surface area contributed by atoms with Gasteiger partial charge in [-0.1, -0.05) is 44.6 Å². The molecule has 0 radical (unpaired) electrons. The fraction of sp³-hybridized carbons (Fsp3) is 0.318. The lowest BCUT2D eigenvalue weighted by Gasteiger charge is -2.18. The van der Waals surface area contributed by atoms with Crippen molar-refractivity contribution in [2.24, 2.45) is 0 Å². The third-order valence-corrected chi connectivity index (χ3v) is 4.21. The summed E-state index contributed by atoms with van der Waals surface area (Å²) in [7, 11) is 1.26. The summed E-state index contributed by atoms with van der Waals surface area (Å²) >= 11 is 0. The van der Waals surface area contributed by atoms with Crippen LogP contribution in [-0.4, -0.2) is 24.3 Å². The van der Waals surface area contributed by atoms with Gasteiger partial charge in [0.1, 0.15) is 22.9 Å². The number of carbonyl (C=O) groups is 1. The maximum atomic E-state index is 13.1. The Bertz CT molecular complexity index is 797. The van der Waals surface area contributed by atoms with Crippen molar-refractivity contribution in [3.8, 4) is 11.5 Å². The van der Waals surface area contributed by atoms with Gasteiger partial charge in [0.15, 0.2) is 0 Å². The Balaban J connectivity index is 2.41. The summed E-state index contributed by atoms with van der Waals surface area (Å²) in [4.78, 5) is 12.1. The number of ether oxygens (including phenoxy) is 2. The van der Waals surface area contributed by atoms with E-state index in [0.29, 0.717) is 11.3 Å². The number of phenols is 1. The average molecular weight is 372 g/mol. The van der Waals surface area contributed by atoms with Gasteiger partial charge in [0.2, 0.25) is 0 Å². The molecule has 144 valence electrons. The van der Waals surface area contributed by atoms with Gasteiger partial charge >= 0.3 is 5.97 Å². The van der Waals surface area contributed by atoms with Crippen LogP contribution >= 0.6 is 0 Å². The second-order valence-corrected chi connectivity index (χ2v) is 6.22. The van der Waals surface area contributed by atoms with Crippen molar-refractivity contribution < 1.29 is 23.8 Å². The molecule has 2 aromatic carbocycles. The van der Waals surface area contributed by atoms with Crippen LogP contribution in [0.5, 0.6) is 11.5 Å². The van der Waals surface area contributed by atoms with Crippen LogP contribution in [0.2, 0.25) is 0 Å². The van der Waals surface area contributed by atoms with Crippen molar-refractivity contribution in [1.29, 1.82) is 0 Å². The molecule has 27 heavy (non-hydrogen) atoms. The Labute approximate surface area is 159 Å². The molecule has 0 aromatic heterocycles. The van der Waals surface area contributed by atoms with Crippen LogP contribution in [0.3, 0.4) is 0 Å². The Hall–Kier alpha value is -2.82. The van der Waals surface area contributed by atoms with Gasteiger partial charge in [0.05, 0.1) is 13.2 Å². The summed E-state index contributed by atoms with van der Waals surface area (Å²) in [5.41, 5.74) is 1.29. The molecule has 5 heteroatoms. The van der Waals surface area contributed by atoms with E-state index in [1.165, 1.54) is 25.3 Å². The van der Waals surface area contributed by atoms with Crippen LogP contribution in [0.1, 0.15) is 54.6 Å². The molecule has 0 aliphatic rings. The number of benzene rings is 2. The molecule has 0 amide bonds. The zero-order valence-corrected chi connectivity index (χ0v) is 15.9. The third kappa shape index (κ3) is 5.58. The standard InChI is InChI=1S/C22H25FO4/c1-4-6-18(5-2)27-19-13-16(21(20(24)14-19)22(25)26-3)10-7-15-8-11-17(23)12-9-15/h7-14,18,24H,4-6H2,1-3H3/b10-7+. The van der Waals surface area contributed by atoms with Gasteiger partial charge in [-0.05, 0) is 42.2 Å². The van der Waals surface area contributed by atoms with Crippen molar-refractivity contribution in [3.63, 3.8) is 0 Å². The Morgan fingerprint density at radius 2 is 1.89 bits per heavy atom. The fourth-order valence-electron chi connectivity index (χ4n) is 2.77. The van der Waals surface area contributed by atoms with E-state index in [0.717, 1.165) is 24.8 Å². The number of halogens is 1. The summed E-state index contributed by atoms with van der Waals surface area (Å²) in [5.74, 6) is -0.681. The molecule has 2 aromatic rings. The zero-order chi connectivity index (χ0) is 19.8. The van der Waals surface area contributed by atoms with Crippen LogP contribution in [-0.2, 0) is 4.74 Å². The maximum Gasteiger partial charge on any atom is 0.342 e. The Kier molecular flexibility index (Phi) is 7.41. The second-order valence-electron chi connectivity index (χ2n) is 6.22.